The highest BCUT2D eigenvalue weighted by Gasteiger charge is 2.29. The van der Waals surface area contributed by atoms with Gasteiger partial charge in [0.1, 0.15) is 6.10 Å². The third-order valence-corrected chi connectivity index (χ3v) is 3.85. The maximum Gasteiger partial charge on any atom is 0.106 e. The molecule has 5 heteroatoms. The van der Waals surface area contributed by atoms with E-state index in [1.54, 1.807) is 6.20 Å². The van der Waals surface area contributed by atoms with Gasteiger partial charge in [-0.1, -0.05) is 0 Å². The summed E-state index contributed by atoms with van der Waals surface area (Å²) in [5.41, 5.74) is 0.877. The fourth-order valence-electron chi connectivity index (χ4n) is 1.97. The Kier molecular flexibility index (Phi) is 4.35. The number of ether oxygens (including phenoxy) is 1. The van der Waals surface area contributed by atoms with Crippen LogP contribution in [-0.2, 0) is 4.74 Å². The van der Waals surface area contributed by atoms with Crippen molar-refractivity contribution >= 4 is 31.9 Å². The predicted octanol–water partition coefficient (Wildman–Crippen LogP) is 3.07. The summed E-state index contributed by atoms with van der Waals surface area (Å²) < 4.78 is 7.57. The summed E-state index contributed by atoms with van der Waals surface area (Å²) >= 11 is 6.85. The number of aliphatic hydroxyl groups excluding tert-OH is 1. The lowest BCUT2D eigenvalue weighted by atomic mass is 9.93. The molecule has 1 aromatic rings. The molecule has 0 amide bonds. The van der Waals surface area contributed by atoms with Crippen molar-refractivity contribution in [3.8, 4) is 0 Å². The minimum absolute atomic E-state index is 0.0961. The minimum atomic E-state index is -0.0961. The zero-order chi connectivity index (χ0) is 11.5. The average Bonchev–Trinajstić information content (AvgIpc) is 2.29. The summed E-state index contributed by atoms with van der Waals surface area (Å²) in [7, 11) is 0. The van der Waals surface area contributed by atoms with E-state index in [0.29, 0.717) is 0 Å². The summed E-state index contributed by atoms with van der Waals surface area (Å²) in [6, 6.07) is 1.95. The van der Waals surface area contributed by atoms with Crippen LogP contribution < -0.4 is 0 Å². The maximum absolute atomic E-state index is 9.34. The van der Waals surface area contributed by atoms with Gasteiger partial charge in [0, 0.05) is 34.3 Å². The van der Waals surface area contributed by atoms with E-state index < -0.39 is 0 Å². The molecule has 2 unspecified atom stereocenters. The monoisotopic (exact) mass is 349 g/mol. The van der Waals surface area contributed by atoms with E-state index in [2.05, 4.69) is 36.8 Å². The Morgan fingerprint density at radius 1 is 1.50 bits per heavy atom. The maximum atomic E-state index is 9.34. The third-order valence-electron chi connectivity index (χ3n) is 2.79. The van der Waals surface area contributed by atoms with Crippen LogP contribution in [0.15, 0.2) is 21.2 Å². The number of halogens is 2. The standard InChI is InChI=1S/C11H13Br2NO2/c12-8-4-9(13)10(14-5-8)11-7(6-15)2-1-3-16-11/h4-5,7,11,15H,1-3,6H2. The number of hydrogen-bond donors (Lipinski definition) is 1. The summed E-state index contributed by atoms with van der Waals surface area (Å²) in [6.07, 6.45) is 3.66. The first-order valence-corrected chi connectivity index (χ1v) is 6.84. The van der Waals surface area contributed by atoms with Gasteiger partial charge in [0.25, 0.3) is 0 Å². The summed E-state index contributed by atoms with van der Waals surface area (Å²) in [5, 5.41) is 9.34. The zero-order valence-corrected chi connectivity index (χ0v) is 11.9. The van der Waals surface area contributed by atoms with Crippen LogP contribution in [0.5, 0.6) is 0 Å². The Morgan fingerprint density at radius 3 is 3.00 bits per heavy atom. The molecular formula is C11H13Br2NO2. The van der Waals surface area contributed by atoms with E-state index in [1.807, 2.05) is 6.07 Å². The number of aliphatic hydroxyl groups is 1. The van der Waals surface area contributed by atoms with Crippen molar-refractivity contribution in [1.29, 1.82) is 0 Å². The number of pyridine rings is 1. The van der Waals surface area contributed by atoms with Gasteiger partial charge in [-0.3, -0.25) is 4.98 Å². The van der Waals surface area contributed by atoms with Gasteiger partial charge in [-0.05, 0) is 50.8 Å². The predicted molar refractivity (Wildman–Crippen MR) is 68.1 cm³/mol. The molecule has 1 N–H and O–H groups in total. The van der Waals surface area contributed by atoms with Crippen molar-refractivity contribution in [2.75, 3.05) is 13.2 Å². The van der Waals surface area contributed by atoms with Crippen molar-refractivity contribution in [3.05, 3.63) is 26.9 Å². The fourth-order valence-corrected chi connectivity index (χ4v) is 3.18. The van der Waals surface area contributed by atoms with Crippen LogP contribution in [0.3, 0.4) is 0 Å². The first-order valence-electron chi connectivity index (χ1n) is 5.25. The Balaban J connectivity index is 2.27. The smallest absolute Gasteiger partial charge is 0.106 e. The van der Waals surface area contributed by atoms with Gasteiger partial charge in [-0.15, -0.1) is 0 Å². The molecule has 0 aromatic carbocycles. The summed E-state index contributed by atoms with van der Waals surface area (Å²) in [4.78, 5) is 4.37. The van der Waals surface area contributed by atoms with Crippen molar-refractivity contribution in [2.24, 2.45) is 5.92 Å². The molecule has 1 fully saturated rings. The molecule has 0 spiro atoms. The van der Waals surface area contributed by atoms with E-state index in [4.69, 9.17) is 4.74 Å². The van der Waals surface area contributed by atoms with E-state index in [-0.39, 0.29) is 18.6 Å². The van der Waals surface area contributed by atoms with Gasteiger partial charge < -0.3 is 9.84 Å². The quantitative estimate of drug-likeness (QED) is 0.891. The highest BCUT2D eigenvalue weighted by atomic mass is 79.9. The van der Waals surface area contributed by atoms with E-state index >= 15 is 0 Å². The van der Waals surface area contributed by atoms with Crippen LogP contribution in [0.25, 0.3) is 0 Å². The van der Waals surface area contributed by atoms with Crippen LogP contribution in [0.4, 0.5) is 0 Å². The minimum Gasteiger partial charge on any atom is -0.396 e. The lowest BCUT2D eigenvalue weighted by Gasteiger charge is -2.30. The van der Waals surface area contributed by atoms with E-state index in [9.17, 15) is 5.11 Å². The third kappa shape index (κ3) is 2.64. The molecule has 16 heavy (non-hydrogen) atoms. The zero-order valence-electron chi connectivity index (χ0n) is 8.70. The molecule has 2 heterocycles. The molecule has 0 radical (unpaired) electrons. The molecule has 0 saturated carbocycles. The highest BCUT2D eigenvalue weighted by Crippen LogP contribution is 2.36. The Bertz CT molecular complexity index is 373. The van der Waals surface area contributed by atoms with Gasteiger partial charge in [-0.2, -0.15) is 0 Å². The van der Waals surface area contributed by atoms with Crippen molar-refractivity contribution < 1.29 is 9.84 Å². The molecule has 3 nitrogen and oxygen atoms in total. The molecule has 1 aromatic heterocycles. The number of aromatic nitrogens is 1. The Morgan fingerprint density at radius 2 is 2.31 bits per heavy atom. The topological polar surface area (TPSA) is 42.4 Å². The van der Waals surface area contributed by atoms with Crippen LogP contribution >= 0.6 is 31.9 Å². The highest BCUT2D eigenvalue weighted by molar-refractivity contribution is 9.11. The molecule has 1 aliphatic rings. The van der Waals surface area contributed by atoms with E-state index in [1.165, 1.54) is 0 Å². The molecular weight excluding hydrogens is 338 g/mol. The van der Waals surface area contributed by atoms with Gasteiger partial charge in [-0.25, -0.2) is 0 Å². The van der Waals surface area contributed by atoms with Crippen molar-refractivity contribution in [1.82, 2.24) is 4.98 Å². The molecule has 0 aliphatic carbocycles. The van der Waals surface area contributed by atoms with E-state index in [0.717, 1.165) is 34.1 Å². The molecule has 1 saturated heterocycles. The lowest BCUT2D eigenvalue weighted by molar-refractivity contribution is -0.0483. The van der Waals surface area contributed by atoms with Crippen LogP contribution in [-0.4, -0.2) is 23.3 Å². The van der Waals surface area contributed by atoms with Crippen LogP contribution in [0.2, 0.25) is 0 Å². The Labute approximate surface area is 111 Å². The van der Waals surface area contributed by atoms with Gasteiger partial charge in [0.2, 0.25) is 0 Å². The van der Waals surface area contributed by atoms with Crippen molar-refractivity contribution in [3.63, 3.8) is 0 Å². The number of nitrogens with zero attached hydrogens (tertiary/aromatic N) is 1. The van der Waals surface area contributed by atoms with Gasteiger partial charge >= 0.3 is 0 Å². The first-order chi connectivity index (χ1) is 7.72. The van der Waals surface area contributed by atoms with Crippen LogP contribution in [0, 0.1) is 5.92 Å². The number of rotatable bonds is 2. The molecule has 0 bridgehead atoms. The normalized spacial score (nSPS) is 25.7. The second-order valence-electron chi connectivity index (χ2n) is 3.90. The summed E-state index contributed by atoms with van der Waals surface area (Å²) in [5.74, 6) is 0.152. The largest absolute Gasteiger partial charge is 0.396 e. The molecule has 2 atom stereocenters. The summed E-state index contributed by atoms with van der Waals surface area (Å²) in [6.45, 7) is 0.889. The molecule has 2 rings (SSSR count). The SMILES string of the molecule is OCC1CCCOC1c1ncc(Br)cc1Br. The second kappa shape index (κ2) is 5.58. The van der Waals surface area contributed by atoms with Gasteiger partial charge in [0.15, 0.2) is 0 Å². The lowest BCUT2D eigenvalue weighted by Crippen LogP contribution is -2.26. The Hall–Kier alpha value is 0.0300. The second-order valence-corrected chi connectivity index (χ2v) is 5.67. The fraction of sp³-hybridized carbons (Fsp3) is 0.545. The van der Waals surface area contributed by atoms with Gasteiger partial charge in [0.05, 0.1) is 5.69 Å². The van der Waals surface area contributed by atoms with Crippen molar-refractivity contribution in [2.45, 2.75) is 18.9 Å². The average molecular weight is 351 g/mol. The van der Waals surface area contributed by atoms with Crippen LogP contribution in [0.1, 0.15) is 24.6 Å². The molecule has 1 aliphatic heterocycles. The first kappa shape index (κ1) is 12.5. The number of hydrogen-bond acceptors (Lipinski definition) is 3. The molecule has 88 valence electrons.